The summed E-state index contributed by atoms with van der Waals surface area (Å²) in [6, 6.07) is 4.47. The van der Waals surface area contributed by atoms with E-state index in [0.717, 1.165) is 5.56 Å². The molecule has 8 heteroatoms. The molecule has 0 spiro atoms. The van der Waals surface area contributed by atoms with Crippen molar-refractivity contribution in [1.29, 1.82) is 0 Å². The van der Waals surface area contributed by atoms with Crippen LogP contribution in [0.5, 0.6) is 0 Å². The zero-order chi connectivity index (χ0) is 15.6. The van der Waals surface area contributed by atoms with E-state index in [9.17, 15) is 13.2 Å². The van der Waals surface area contributed by atoms with E-state index in [1.807, 2.05) is 6.92 Å². The molecule has 0 aliphatic carbocycles. The Bertz CT molecular complexity index is 780. The number of imidazole rings is 1. The zero-order valence-corrected chi connectivity index (χ0v) is 12.4. The molecule has 7 nitrogen and oxygen atoms in total. The third kappa shape index (κ3) is 3.22. The maximum Gasteiger partial charge on any atom is 0.337 e. The van der Waals surface area contributed by atoms with E-state index < -0.39 is 16.0 Å². The summed E-state index contributed by atoms with van der Waals surface area (Å²) in [6.07, 6.45) is 1.77. The van der Waals surface area contributed by atoms with Crippen LogP contribution >= 0.6 is 0 Å². The molecule has 0 saturated heterocycles. The molecule has 3 N–H and O–H groups in total. The van der Waals surface area contributed by atoms with Crippen molar-refractivity contribution in [2.24, 2.45) is 0 Å². The number of aromatic carboxylic acids is 1. The van der Waals surface area contributed by atoms with Crippen molar-refractivity contribution in [2.75, 3.05) is 4.72 Å². The minimum Gasteiger partial charge on any atom is -0.478 e. The average Bonchev–Trinajstić information content (AvgIpc) is 2.90. The topological polar surface area (TPSA) is 112 Å². The summed E-state index contributed by atoms with van der Waals surface area (Å²) < 4.78 is 26.7. The van der Waals surface area contributed by atoms with E-state index in [1.165, 1.54) is 18.3 Å². The van der Waals surface area contributed by atoms with Crippen molar-refractivity contribution < 1.29 is 18.3 Å². The Labute approximate surface area is 122 Å². The Morgan fingerprint density at radius 3 is 2.71 bits per heavy atom. The van der Waals surface area contributed by atoms with Gasteiger partial charge in [0.15, 0.2) is 5.03 Å². The first-order valence-electron chi connectivity index (χ1n) is 6.24. The Morgan fingerprint density at radius 2 is 2.14 bits per heavy atom. The summed E-state index contributed by atoms with van der Waals surface area (Å²) in [6.45, 7) is 3.57. The van der Waals surface area contributed by atoms with E-state index in [4.69, 9.17) is 5.11 Å². The van der Waals surface area contributed by atoms with E-state index in [1.54, 1.807) is 13.0 Å². The fourth-order valence-corrected chi connectivity index (χ4v) is 2.80. The van der Waals surface area contributed by atoms with Gasteiger partial charge >= 0.3 is 5.97 Å². The quantitative estimate of drug-likeness (QED) is 0.779. The van der Waals surface area contributed by atoms with Gasteiger partial charge in [0.05, 0.1) is 17.4 Å². The minimum atomic E-state index is -3.90. The molecule has 0 fully saturated rings. The van der Waals surface area contributed by atoms with Gasteiger partial charge in [-0.05, 0) is 19.1 Å². The van der Waals surface area contributed by atoms with E-state index in [0.29, 0.717) is 12.2 Å². The molecule has 0 amide bonds. The molecule has 0 bridgehead atoms. The molecule has 0 atom stereocenters. The summed E-state index contributed by atoms with van der Waals surface area (Å²) in [4.78, 5) is 17.8. The molecular weight excluding hydrogens is 294 g/mol. The lowest BCUT2D eigenvalue weighted by molar-refractivity contribution is 0.0698. The van der Waals surface area contributed by atoms with Crippen LogP contribution in [-0.2, 0) is 16.4 Å². The summed E-state index contributed by atoms with van der Waals surface area (Å²) in [7, 11) is -3.90. The molecule has 0 aliphatic rings. The number of rotatable bonds is 5. The lowest BCUT2D eigenvalue weighted by Crippen LogP contribution is -2.16. The second-order valence-corrected chi connectivity index (χ2v) is 6.16. The molecule has 0 aliphatic heterocycles. The van der Waals surface area contributed by atoms with Crippen molar-refractivity contribution in [3.8, 4) is 0 Å². The number of benzene rings is 1. The van der Waals surface area contributed by atoms with Crippen LogP contribution in [0.15, 0.2) is 29.4 Å². The Kier molecular flexibility index (Phi) is 3.99. The lowest BCUT2D eigenvalue weighted by Gasteiger charge is -2.10. The molecule has 1 aromatic carbocycles. The molecule has 0 radical (unpaired) electrons. The highest BCUT2D eigenvalue weighted by Crippen LogP contribution is 2.21. The number of aromatic amines is 1. The van der Waals surface area contributed by atoms with Crippen molar-refractivity contribution in [3.63, 3.8) is 0 Å². The van der Waals surface area contributed by atoms with E-state index in [-0.39, 0.29) is 16.3 Å². The molecule has 2 rings (SSSR count). The van der Waals surface area contributed by atoms with Crippen molar-refractivity contribution in [3.05, 3.63) is 41.3 Å². The van der Waals surface area contributed by atoms with E-state index in [2.05, 4.69) is 14.7 Å². The van der Waals surface area contributed by atoms with Crippen LogP contribution in [0.4, 0.5) is 5.69 Å². The molecule has 0 saturated carbocycles. The maximum absolute atomic E-state index is 12.2. The Hall–Kier alpha value is -2.35. The third-order valence-corrected chi connectivity index (χ3v) is 4.15. The zero-order valence-electron chi connectivity index (χ0n) is 11.5. The normalized spacial score (nSPS) is 11.3. The van der Waals surface area contributed by atoms with Gasteiger partial charge in [-0.25, -0.2) is 9.78 Å². The first-order chi connectivity index (χ1) is 9.83. The van der Waals surface area contributed by atoms with Gasteiger partial charge in [0.1, 0.15) is 5.82 Å². The van der Waals surface area contributed by atoms with Crippen molar-refractivity contribution in [2.45, 2.75) is 25.3 Å². The molecule has 1 heterocycles. The maximum atomic E-state index is 12.2. The number of nitrogens with zero attached hydrogens (tertiary/aromatic N) is 1. The van der Waals surface area contributed by atoms with Gasteiger partial charge in [0, 0.05) is 6.42 Å². The predicted octanol–water partition coefficient (Wildman–Crippen LogP) is 1.78. The van der Waals surface area contributed by atoms with Crippen LogP contribution in [-0.4, -0.2) is 29.5 Å². The first kappa shape index (κ1) is 15.0. The Morgan fingerprint density at radius 1 is 1.43 bits per heavy atom. The number of aromatic nitrogens is 2. The third-order valence-electron chi connectivity index (χ3n) is 2.88. The largest absolute Gasteiger partial charge is 0.478 e. The van der Waals surface area contributed by atoms with Crippen LogP contribution in [0, 0.1) is 6.92 Å². The monoisotopic (exact) mass is 309 g/mol. The van der Waals surface area contributed by atoms with Crippen molar-refractivity contribution in [1.82, 2.24) is 9.97 Å². The summed E-state index contributed by atoms with van der Waals surface area (Å²) >= 11 is 0. The van der Waals surface area contributed by atoms with Gasteiger partial charge in [-0.15, -0.1) is 0 Å². The fraction of sp³-hybridized carbons (Fsp3) is 0.231. The number of H-pyrrole nitrogens is 1. The van der Waals surface area contributed by atoms with E-state index >= 15 is 0 Å². The van der Waals surface area contributed by atoms with Gasteiger partial charge in [-0.2, -0.15) is 8.42 Å². The van der Waals surface area contributed by atoms with Crippen LogP contribution in [0.1, 0.15) is 28.7 Å². The second-order valence-electron chi connectivity index (χ2n) is 4.51. The number of aryl methyl sites for hydroxylation is 2. The minimum absolute atomic E-state index is 0.0146. The summed E-state index contributed by atoms with van der Waals surface area (Å²) in [5.74, 6) is -0.659. The fourth-order valence-electron chi connectivity index (χ4n) is 1.78. The molecule has 0 unspecified atom stereocenters. The highest BCUT2D eigenvalue weighted by molar-refractivity contribution is 7.92. The predicted molar refractivity (Wildman–Crippen MR) is 76.9 cm³/mol. The van der Waals surface area contributed by atoms with Gasteiger partial charge in [0.2, 0.25) is 0 Å². The SMILES string of the molecule is CCc1ncc(S(=O)(=O)Nc2ccc(C)cc2C(=O)O)[nH]1. The molecule has 2 aromatic rings. The van der Waals surface area contributed by atoms with Gasteiger partial charge in [0.25, 0.3) is 10.0 Å². The van der Waals surface area contributed by atoms with Crippen LogP contribution in [0.2, 0.25) is 0 Å². The van der Waals surface area contributed by atoms with Crippen LogP contribution in [0.25, 0.3) is 0 Å². The number of hydrogen-bond acceptors (Lipinski definition) is 4. The molecule has 21 heavy (non-hydrogen) atoms. The highest BCUT2D eigenvalue weighted by atomic mass is 32.2. The molecule has 112 valence electrons. The number of hydrogen-bond donors (Lipinski definition) is 3. The first-order valence-corrected chi connectivity index (χ1v) is 7.72. The van der Waals surface area contributed by atoms with Crippen LogP contribution < -0.4 is 4.72 Å². The number of anilines is 1. The summed E-state index contributed by atoms with van der Waals surface area (Å²) in [5, 5.41) is 9.04. The number of nitrogens with one attached hydrogen (secondary N) is 2. The van der Waals surface area contributed by atoms with Gasteiger partial charge in [-0.3, -0.25) is 4.72 Å². The Balaban J connectivity index is 2.39. The smallest absolute Gasteiger partial charge is 0.337 e. The molecular formula is C13H15N3O4S. The van der Waals surface area contributed by atoms with Crippen molar-refractivity contribution >= 4 is 21.7 Å². The summed E-state index contributed by atoms with van der Waals surface area (Å²) in [5.41, 5.74) is 0.639. The molecule has 1 aromatic heterocycles. The second kappa shape index (κ2) is 5.57. The lowest BCUT2D eigenvalue weighted by atomic mass is 10.1. The average molecular weight is 309 g/mol. The number of carboxylic acid groups (broad SMARTS) is 1. The number of sulfonamides is 1. The number of carbonyl (C=O) groups is 1. The highest BCUT2D eigenvalue weighted by Gasteiger charge is 2.20. The number of carboxylic acids is 1. The van der Waals surface area contributed by atoms with Crippen LogP contribution in [0.3, 0.4) is 0 Å². The standard InChI is InChI=1S/C13H15N3O4S/c1-3-11-14-7-12(15-11)21(19,20)16-10-5-4-8(2)6-9(10)13(17)18/h4-7,16H,3H2,1-2H3,(H,14,15)(H,17,18). The van der Waals surface area contributed by atoms with Gasteiger partial charge < -0.3 is 10.1 Å². The van der Waals surface area contributed by atoms with Gasteiger partial charge in [-0.1, -0.05) is 18.6 Å².